The zero-order valence-corrected chi connectivity index (χ0v) is 11.7. The highest BCUT2D eigenvalue weighted by atomic mass is 15.1. The van der Waals surface area contributed by atoms with Crippen LogP contribution in [0.3, 0.4) is 0 Å². The molecular weight excluding hydrogens is 260 g/mol. The number of aromatic nitrogens is 3. The van der Waals surface area contributed by atoms with Crippen molar-refractivity contribution in [2.45, 2.75) is 25.3 Å². The Balaban J connectivity index is 1.75. The molecule has 2 aliphatic rings. The number of nitrogens with one attached hydrogen (secondary N) is 1. The van der Waals surface area contributed by atoms with Gasteiger partial charge in [0.25, 0.3) is 0 Å². The Morgan fingerprint density at radius 2 is 2.14 bits per heavy atom. The summed E-state index contributed by atoms with van der Waals surface area (Å²) in [6.07, 6.45) is 7.35. The van der Waals surface area contributed by atoms with Crippen LogP contribution in [0.1, 0.15) is 24.4 Å². The van der Waals surface area contributed by atoms with Crippen LogP contribution in [0.25, 0.3) is 22.4 Å². The first-order valence-corrected chi connectivity index (χ1v) is 7.59. The molecule has 5 rings (SSSR count). The van der Waals surface area contributed by atoms with E-state index in [1.807, 2.05) is 12.4 Å². The summed E-state index contributed by atoms with van der Waals surface area (Å²) in [5.74, 6) is 1.09. The molecule has 1 fully saturated rings. The zero-order valence-electron chi connectivity index (χ0n) is 11.7. The van der Waals surface area contributed by atoms with Gasteiger partial charge in [0.2, 0.25) is 0 Å². The first-order chi connectivity index (χ1) is 10.4. The van der Waals surface area contributed by atoms with Crippen molar-refractivity contribution in [2.75, 3.05) is 11.9 Å². The van der Waals surface area contributed by atoms with Crippen molar-refractivity contribution in [1.82, 2.24) is 14.5 Å². The average Bonchev–Trinajstić information content (AvgIpc) is 3.12. The Morgan fingerprint density at radius 3 is 3.05 bits per heavy atom. The first-order valence-electron chi connectivity index (χ1n) is 7.59. The summed E-state index contributed by atoms with van der Waals surface area (Å²) in [7, 11) is 0. The van der Waals surface area contributed by atoms with Gasteiger partial charge in [0.1, 0.15) is 11.3 Å². The third kappa shape index (κ3) is 1.68. The summed E-state index contributed by atoms with van der Waals surface area (Å²) in [6, 6.07) is 9.36. The van der Waals surface area contributed by atoms with Crippen molar-refractivity contribution in [3.8, 4) is 11.4 Å². The van der Waals surface area contributed by atoms with Gasteiger partial charge in [0.15, 0.2) is 0 Å². The SMILES string of the molecule is c1cc2c(cn1)nc(-c1ccc3c(c1)CCN3)n2C1CC1. The lowest BCUT2D eigenvalue weighted by atomic mass is 10.1. The number of hydrogen-bond acceptors (Lipinski definition) is 3. The van der Waals surface area contributed by atoms with Gasteiger partial charge in [-0.25, -0.2) is 4.98 Å². The van der Waals surface area contributed by atoms with Crippen LogP contribution in [-0.4, -0.2) is 21.1 Å². The lowest BCUT2D eigenvalue weighted by molar-refractivity contribution is 0.775. The van der Waals surface area contributed by atoms with Crippen LogP contribution in [0.2, 0.25) is 0 Å². The van der Waals surface area contributed by atoms with E-state index in [0.717, 1.165) is 24.3 Å². The summed E-state index contributed by atoms with van der Waals surface area (Å²) in [4.78, 5) is 9.06. The average molecular weight is 276 g/mol. The molecule has 3 heterocycles. The van der Waals surface area contributed by atoms with E-state index < -0.39 is 0 Å². The van der Waals surface area contributed by atoms with E-state index in [4.69, 9.17) is 4.98 Å². The molecule has 0 unspecified atom stereocenters. The molecular formula is C17H16N4. The van der Waals surface area contributed by atoms with Gasteiger partial charge in [-0.3, -0.25) is 4.98 Å². The summed E-state index contributed by atoms with van der Waals surface area (Å²) in [5, 5.41) is 3.42. The van der Waals surface area contributed by atoms with Crippen LogP contribution in [0.5, 0.6) is 0 Å². The molecule has 1 aromatic carbocycles. The predicted octanol–water partition coefficient (Wildman–Crippen LogP) is 3.40. The van der Waals surface area contributed by atoms with Crippen LogP contribution < -0.4 is 5.32 Å². The quantitative estimate of drug-likeness (QED) is 0.780. The summed E-state index contributed by atoms with van der Waals surface area (Å²) < 4.78 is 2.40. The van der Waals surface area contributed by atoms with Gasteiger partial charge in [0, 0.05) is 30.0 Å². The molecule has 1 saturated carbocycles. The van der Waals surface area contributed by atoms with Gasteiger partial charge >= 0.3 is 0 Å². The highest BCUT2D eigenvalue weighted by Gasteiger charge is 2.29. The van der Waals surface area contributed by atoms with E-state index in [2.05, 4.69) is 39.1 Å². The van der Waals surface area contributed by atoms with Gasteiger partial charge in [-0.15, -0.1) is 0 Å². The number of nitrogens with zero attached hydrogens (tertiary/aromatic N) is 3. The first kappa shape index (κ1) is 11.3. The van der Waals surface area contributed by atoms with E-state index in [0.29, 0.717) is 6.04 Å². The molecule has 1 aliphatic carbocycles. The molecule has 4 nitrogen and oxygen atoms in total. The number of fused-ring (bicyclic) bond motifs is 2. The minimum absolute atomic E-state index is 0.610. The van der Waals surface area contributed by atoms with Gasteiger partial charge < -0.3 is 9.88 Å². The summed E-state index contributed by atoms with van der Waals surface area (Å²) >= 11 is 0. The van der Waals surface area contributed by atoms with Gasteiger partial charge in [-0.1, -0.05) is 0 Å². The van der Waals surface area contributed by atoms with E-state index >= 15 is 0 Å². The van der Waals surface area contributed by atoms with Gasteiger partial charge in [-0.2, -0.15) is 0 Å². The number of imidazole rings is 1. The van der Waals surface area contributed by atoms with Crippen molar-refractivity contribution in [3.05, 3.63) is 42.2 Å². The van der Waals surface area contributed by atoms with Crippen molar-refractivity contribution in [3.63, 3.8) is 0 Å². The normalized spacial score (nSPS) is 17.0. The zero-order chi connectivity index (χ0) is 13.8. The Hall–Kier alpha value is -2.36. The molecule has 2 aromatic heterocycles. The number of pyridine rings is 1. The van der Waals surface area contributed by atoms with E-state index in [1.54, 1.807) is 0 Å². The molecule has 0 amide bonds. The molecule has 3 aromatic rings. The molecule has 1 aliphatic heterocycles. The lowest BCUT2D eigenvalue weighted by Gasteiger charge is -2.09. The second-order valence-corrected chi connectivity index (χ2v) is 5.95. The highest BCUT2D eigenvalue weighted by molar-refractivity contribution is 5.81. The fourth-order valence-corrected chi connectivity index (χ4v) is 3.30. The van der Waals surface area contributed by atoms with E-state index in [9.17, 15) is 0 Å². The van der Waals surface area contributed by atoms with Crippen LogP contribution in [-0.2, 0) is 6.42 Å². The second-order valence-electron chi connectivity index (χ2n) is 5.95. The van der Waals surface area contributed by atoms with Gasteiger partial charge in [0.05, 0.1) is 11.7 Å². The molecule has 104 valence electrons. The maximum absolute atomic E-state index is 4.85. The molecule has 0 bridgehead atoms. The van der Waals surface area contributed by atoms with Gasteiger partial charge in [-0.05, 0) is 49.1 Å². The highest BCUT2D eigenvalue weighted by Crippen LogP contribution is 2.41. The Morgan fingerprint density at radius 1 is 1.19 bits per heavy atom. The minimum Gasteiger partial charge on any atom is -0.384 e. The molecule has 0 radical (unpaired) electrons. The van der Waals surface area contributed by atoms with E-state index in [-0.39, 0.29) is 0 Å². The van der Waals surface area contributed by atoms with E-state index in [1.165, 1.54) is 35.2 Å². The monoisotopic (exact) mass is 276 g/mol. The molecule has 0 atom stereocenters. The molecule has 4 heteroatoms. The maximum atomic E-state index is 4.85. The Bertz CT molecular complexity index is 845. The second kappa shape index (κ2) is 4.07. The molecule has 0 saturated heterocycles. The van der Waals surface area contributed by atoms with Crippen molar-refractivity contribution in [1.29, 1.82) is 0 Å². The number of rotatable bonds is 2. The molecule has 1 N–H and O–H groups in total. The van der Waals surface area contributed by atoms with Crippen LogP contribution in [0.15, 0.2) is 36.7 Å². The summed E-state index contributed by atoms with van der Waals surface area (Å²) in [5.41, 5.74) is 6.11. The maximum Gasteiger partial charge on any atom is 0.141 e. The van der Waals surface area contributed by atoms with Crippen LogP contribution >= 0.6 is 0 Å². The van der Waals surface area contributed by atoms with Crippen LogP contribution in [0, 0.1) is 0 Å². The fourth-order valence-electron chi connectivity index (χ4n) is 3.30. The standard InChI is InChI=1S/C17H16N4/c1-4-14-11(5-8-19-14)9-12(1)17-20-15-10-18-7-6-16(15)21(17)13-2-3-13/h1,4,6-7,9-10,13,19H,2-3,5,8H2. The molecule has 21 heavy (non-hydrogen) atoms. The number of hydrogen-bond donors (Lipinski definition) is 1. The Kier molecular flexibility index (Phi) is 2.19. The fraction of sp³-hybridized carbons (Fsp3) is 0.294. The largest absolute Gasteiger partial charge is 0.384 e. The Labute approximate surface area is 122 Å². The minimum atomic E-state index is 0.610. The van der Waals surface area contributed by atoms with Crippen LogP contribution in [0.4, 0.5) is 5.69 Å². The van der Waals surface area contributed by atoms with Crippen molar-refractivity contribution in [2.24, 2.45) is 0 Å². The molecule has 0 spiro atoms. The lowest BCUT2D eigenvalue weighted by Crippen LogP contribution is -1.97. The predicted molar refractivity (Wildman–Crippen MR) is 83.4 cm³/mol. The number of benzene rings is 1. The third-order valence-corrected chi connectivity index (χ3v) is 4.48. The smallest absolute Gasteiger partial charge is 0.141 e. The van der Waals surface area contributed by atoms with Crippen molar-refractivity contribution < 1.29 is 0 Å². The van der Waals surface area contributed by atoms with Crippen molar-refractivity contribution >= 4 is 16.7 Å². The number of anilines is 1. The third-order valence-electron chi connectivity index (χ3n) is 4.48. The summed E-state index contributed by atoms with van der Waals surface area (Å²) in [6.45, 7) is 1.04. The topological polar surface area (TPSA) is 42.7 Å².